The van der Waals surface area contributed by atoms with Gasteiger partial charge in [0.05, 0.1) is 7.11 Å². The standard InChI is InChI=1S/C13H19ClN2O3.ClH/c1-18-11-6-4-10(5-7-11)13(19-2,8-3-9-14)12(17)16-15;/h4-7H,3,8-9,15H2,1-2H3,(H,16,17);1H. The van der Waals surface area contributed by atoms with E-state index in [-0.39, 0.29) is 12.4 Å². The third kappa shape index (κ3) is 3.99. The third-order valence-corrected chi connectivity index (χ3v) is 3.33. The highest BCUT2D eigenvalue weighted by Crippen LogP contribution is 2.32. The summed E-state index contributed by atoms with van der Waals surface area (Å²) in [7, 11) is 3.06. The molecule has 1 rings (SSSR count). The highest BCUT2D eigenvalue weighted by molar-refractivity contribution is 6.17. The fraction of sp³-hybridized carbons (Fsp3) is 0.462. The molecular formula is C13H20Cl2N2O3. The normalized spacial score (nSPS) is 13.0. The average molecular weight is 323 g/mol. The molecule has 1 unspecified atom stereocenters. The van der Waals surface area contributed by atoms with Gasteiger partial charge in [-0.25, -0.2) is 5.84 Å². The number of ether oxygens (including phenoxy) is 2. The van der Waals surface area contributed by atoms with Gasteiger partial charge in [0.1, 0.15) is 5.75 Å². The van der Waals surface area contributed by atoms with Crippen LogP contribution in [0.5, 0.6) is 5.75 Å². The fourth-order valence-electron chi connectivity index (χ4n) is 1.99. The lowest BCUT2D eigenvalue weighted by Crippen LogP contribution is -2.48. The van der Waals surface area contributed by atoms with Gasteiger partial charge in [-0.3, -0.25) is 10.2 Å². The number of hydrogen-bond acceptors (Lipinski definition) is 4. The van der Waals surface area contributed by atoms with Crippen LogP contribution in [0.1, 0.15) is 18.4 Å². The zero-order valence-electron chi connectivity index (χ0n) is 11.5. The molecule has 1 amide bonds. The SMILES string of the molecule is COc1ccc(C(CCCCl)(OC)C(=O)NN)cc1.Cl. The number of carbonyl (C=O) groups is 1. The molecule has 5 nitrogen and oxygen atoms in total. The molecular weight excluding hydrogens is 303 g/mol. The Hall–Kier alpha value is -1.01. The summed E-state index contributed by atoms with van der Waals surface area (Å²) < 4.78 is 10.6. The lowest BCUT2D eigenvalue weighted by molar-refractivity contribution is -0.146. The van der Waals surface area contributed by atoms with Crippen molar-refractivity contribution in [1.82, 2.24) is 5.43 Å². The summed E-state index contributed by atoms with van der Waals surface area (Å²) in [5.74, 6) is 6.01. The Balaban J connectivity index is 0.00000361. The molecule has 0 spiro atoms. The summed E-state index contributed by atoms with van der Waals surface area (Å²) in [6, 6.07) is 7.11. The predicted molar refractivity (Wildman–Crippen MR) is 81.2 cm³/mol. The Morgan fingerprint density at radius 2 is 1.95 bits per heavy atom. The van der Waals surface area contributed by atoms with Crippen LogP contribution in [0.15, 0.2) is 24.3 Å². The molecule has 0 heterocycles. The lowest BCUT2D eigenvalue weighted by Gasteiger charge is -2.30. The number of hydrogen-bond donors (Lipinski definition) is 2. The fourth-order valence-corrected chi connectivity index (χ4v) is 2.13. The number of amides is 1. The van der Waals surface area contributed by atoms with Gasteiger partial charge in [0.15, 0.2) is 5.60 Å². The molecule has 1 aromatic rings. The molecule has 7 heteroatoms. The zero-order valence-corrected chi connectivity index (χ0v) is 13.1. The zero-order chi connectivity index (χ0) is 14.3. The van der Waals surface area contributed by atoms with Gasteiger partial charge in [-0.2, -0.15) is 0 Å². The predicted octanol–water partition coefficient (Wildman–Crippen LogP) is 1.97. The van der Waals surface area contributed by atoms with Crippen LogP contribution in [-0.2, 0) is 15.1 Å². The Morgan fingerprint density at radius 3 is 2.35 bits per heavy atom. The van der Waals surface area contributed by atoms with E-state index >= 15 is 0 Å². The van der Waals surface area contributed by atoms with Crippen molar-refractivity contribution in [3.8, 4) is 5.75 Å². The Kier molecular flexibility index (Phi) is 8.57. The van der Waals surface area contributed by atoms with E-state index in [9.17, 15) is 4.79 Å². The van der Waals surface area contributed by atoms with Crippen LogP contribution in [0.4, 0.5) is 0 Å². The van der Waals surface area contributed by atoms with Gasteiger partial charge in [-0.1, -0.05) is 12.1 Å². The maximum atomic E-state index is 12.1. The third-order valence-electron chi connectivity index (χ3n) is 3.07. The van der Waals surface area contributed by atoms with Crippen LogP contribution in [0.25, 0.3) is 0 Å². The summed E-state index contributed by atoms with van der Waals surface area (Å²) >= 11 is 5.71. The van der Waals surface area contributed by atoms with Gasteiger partial charge in [-0.15, -0.1) is 24.0 Å². The first-order valence-corrected chi connectivity index (χ1v) is 6.44. The molecule has 0 saturated heterocycles. The number of halogens is 2. The maximum absolute atomic E-state index is 12.1. The monoisotopic (exact) mass is 322 g/mol. The van der Waals surface area contributed by atoms with Crippen molar-refractivity contribution in [2.75, 3.05) is 20.1 Å². The second-order valence-electron chi connectivity index (χ2n) is 4.03. The molecule has 0 aromatic heterocycles. The van der Waals surface area contributed by atoms with Gasteiger partial charge in [0.2, 0.25) is 0 Å². The summed E-state index contributed by atoms with van der Waals surface area (Å²) in [5.41, 5.74) is 1.74. The van der Waals surface area contributed by atoms with Gasteiger partial charge in [-0.05, 0) is 30.5 Å². The molecule has 0 radical (unpaired) electrons. The van der Waals surface area contributed by atoms with E-state index in [0.717, 1.165) is 0 Å². The Labute approximate surface area is 130 Å². The van der Waals surface area contributed by atoms with Gasteiger partial charge >= 0.3 is 0 Å². The van der Waals surface area contributed by atoms with Crippen LogP contribution < -0.4 is 16.0 Å². The van der Waals surface area contributed by atoms with Crippen molar-refractivity contribution in [2.45, 2.75) is 18.4 Å². The van der Waals surface area contributed by atoms with Crippen molar-refractivity contribution in [3.63, 3.8) is 0 Å². The van der Waals surface area contributed by atoms with Crippen molar-refractivity contribution >= 4 is 29.9 Å². The molecule has 0 saturated carbocycles. The second kappa shape index (κ2) is 9.02. The van der Waals surface area contributed by atoms with Gasteiger partial charge < -0.3 is 9.47 Å². The smallest absolute Gasteiger partial charge is 0.270 e. The average Bonchev–Trinajstić information content (AvgIpc) is 2.48. The van der Waals surface area contributed by atoms with Crippen LogP contribution in [-0.4, -0.2) is 26.0 Å². The highest BCUT2D eigenvalue weighted by Gasteiger charge is 2.39. The largest absolute Gasteiger partial charge is 0.497 e. The molecule has 0 fully saturated rings. The van der Waals surface area contributed by atoms with E-state index in [1.165, 1.54) is 7.11 Å². The number of rotatable bonds is 7. The molecule has 0 aliphatic carbocycles. The van der Waals surface area contributed by atoms with Gasteiger partial charge in [0.25, 0.3) is 5.91 Å². The Bertz CT molecular complexity index is 415. The molecule has 114 valence electrons. The Morgan fingerprint density at radius 1 is 1.35 bits per heavy atom. The number of nitrogens with two attached hydrogens (primary N) is 1. The molecule has 3 N–H and O–H groups in total. The molecule has 0 aliphatic heterocycles. The number of benzene rings is 1. The van der Waals surface area contributed by atoms with Crippen molar-refractivity contribution in [3.05, 3.63) is 29.8 Å². The minimum atomic E-state index is -1.13. The number of carbonyl (C=O) groups excluding carboxylic acids is 1. The first-order valence-electron chi connectivity index (χ1n) is 5.91. The summed E-state index contributed by atoms with van der Waals surface area (Å²) in [4.78, 5) is 12.1. The van der Waals surface area contributed by atoms with Crippen molar-refractivity contribution in [2.24, 2.45) is 5.84 Å². The van der Waals surface area contributed by atoms with Crippen molar-refractivity contribution < 1.29 is 14.3 Å². The number of hydrazine groups is 1. The highest BCUT2D eigenvalue weighted by atomic mass is 35.5. The first-order chi connectivity index (χ1) is 9.14. The first kappa shape index (κ1) is 19.0. The van der Waals surface area contributed by atoms with Crippen molar-refractivity contribution in [1.29, 1.82) is 0 Å². The molecule has 1 aromatic carbocycles. The number of methoxy groups -OCH3 is 2. The maximum Gasteiger partial charge on any atom is 0.270 e. The van der Waals surface area contributed by atoms with Crippen LogP contribution in [0.2, 0.25) is 0 Å². The van der Waals surface area contributed by atoms with E-state index in [4.69, 9.17) is 26.9 Å². The summed E-state index contributed by atoms with van der Waals surface area (Å²) in [6.45, 7) is 0. The summed E-state index contributed by atoms with van der Waals surface area (Å²) in [6.07, 6.45) is 1.08. The van der Waals surface area contributed by atoms with Gasteiger partial charge in [0, 0.05) is 13.0 Å². The van der Waals surface area contributed by atoms with E-state index in [1.54, 1.807) is 31.4 Å². The van der Waals surface area contributed by atoms with Crippen LogP contribution in [0, 0.1) is 0 Å². The molecule has 1 atom stereocenters. The van der Waals surface area contributed by atoms with Crippen LogP contribution >= 0.6 is 24.0 Å². The van der Waals surface area contributed by atoms with E-state index in [2.05, 4.69) is 5.43 Å². The minimum Gasteiger partial charge on any atom is -0.497 e. The quantitative estimate of drug-likeness (QED) is 0.348. The van der Waals surface area contributed by atoms with Crippen LogP contribution in [0.3, 0.4) is 0 Å². The van der Waals surface area contributed by atoms with E-state index in [0.29, 0.717) is 30.0 Å². The molecule has 0 aliphatic rings. The lowest BCUT2D eigenvalue weighted by atomic mass is 9.88. The van der Waals surface area contributed by atoms with E-state index in [1.807, 2.05) is 0 Å². The topological polar surface area (TPSA) is 73.6 Å². The molecule has 0 bridgehead atoms. The number of alkyl halides is 1. The number of nitrogens with one attached hydrogen (secondary N) is 1. The summed E-state index contributed by atoms with van der Waals surface area (Å²) in [5, 5.41) is 0. The van der Waals surface area contributed by atoms with E-state index < -0.39 is 11.5 Å². The molecule has 20 heavy (non-hydrogen) atoms. The second-order valence-corrected chi connectivity index (χ2v) is 4.40. The minimum absolute atomic E-state index is 0.